The summed E-state index contributed by atoms with van der Waals surface area (Å²) in [5.41, 5.74) is 0. The number of halogens is 1. The number of hydrogen-bond acceptors (Lipinski definition) is 3. The number of carbonyl (C=O) groups excluding carboxylic acids is 1. The second-order valence-corrected chi connectivity index (χ2v) is 4.97. The zero-order valence-electron chi connectivity index (χ0n) is 11.4. The highest BCUT2D eigenvalue weighted by Crippen LogP contribution is 2.10. The van der Waals surface area contributed by atoms with E-state index in [2.05, 4.69) is 10.3 Å². The fraction of sp³-hybridized carbons (Fsp3) is 0.667. The molecule has 0 radical (unpaired) electrons. The molecule has 0 saturated carbocycles. The predicted octanol–water partition coefficient (Wildman–Crippen LogP) is 1.42. The molecule has 0 aliphatic carbocycles. The molecular weight excluding hydrogens is 252 g/mol. The van der Waals surface area contributed by atoms with Gasteiger partial charge in [0.05, 0.1) is 19.3 Å². The summed E-state index contributed by atoms with van der Waals surface area (Å²) in [6.45, 7) is 7.70. The van der Waals surface area contributed by atoms with Crippen LogP contribution in [0.1, 0.15) is 26.6 Å². The largest absolute Gasteiger partial charge is 0.353 e. The minimum Gasteiger partial charge on any atom is -0.353 e. The molecule has 1 rings (SSSR count). The Bertz CT molecular complexity index is 403. The van der Waals surface area contributed by atoms with Crippen LogP contribution in [0.25, 0.3) is 0 Å². The van der Waals surface area contributed by atoms with Crippen LogP contribution in [0, 0.1) is 0 Å². The van der Waals surface area contributed by atoms with Crippen molar-refractivity contribution in [2.45, 2.75) is 33.4 Å². The Hall–Kier alpha value is -1.07. The first-order valence-corrected chi connectivity index (χ1v) is 6.49. The maximum atomic E-state index is 11.7. The summed E-state index contributed by atoms with van der Waals surface area (Å²) in [6, 6.07) is 0.166. The lowest BCUT2D eigenvalue weighted by atomic mass is 10.3. The fourth-order valence-electron chi connectivity index (χ4n) is 1.62. The van der Waals surface area contributed by atoms with Crippen LogP contribution in [0.5, 0.6) is 0 Å². The van der Waals surface area contributed by atoms with Crippen LogP contribution >= 0.6 is 11.6 Å². The van der Waals surface area contributed by atoms with Gasteiger partial charge in [0.25, 0.3) is 0 Å². The quantitative estimate of drug-likeness (QED) is 0.852. The summed E-state index contributed by atoms with van der Waals surface area (Å²) in [5, 5.41) is 3.48. The van der Waals surface area contributed by atoms with E-state index >= 15 is 0 Å². The first-order chi connectivity index (χ1) is 8.43. The Morgan fingerprint density at radius 2 is 2.28 bits per heavy atom. The SMILES string of the molecule is CCN(CC(=O)NC(C)C)Cc1ncc(Cl)n1C. The monoisotopic (exact) mass is 272 g/mol. The Labute approximate surface area is 113 Å². The van der Waals surface area contributed by atoms with E-state index in [0.29, 0.717) is 18.2 Å². The third-order valence-corrected chi connectivity index (χ3v) is 3.01. The van der Waals surface area contributed by atoms with Gasteiger partial charge in [-0.25, -0.2) is 4.98 Å². The molecule has 0 spiro atoms. The van der Waals surface area contributed by atoms with E-state index in [0.717, 1.165) is 12.4 Å². The molecule has 0 fully saturated rings. The number of rotatable bonds is 6. The van der Waals surface area contributed by atoms with E-state index < -0.39 is 0 Å². The lowest BCUT2D eigenvalue weighted by Gasteiger charge is -2.20. The van der Waals surface area contributed by atoms with Crippen molar-refractivity contribution in [1.29, 1.82) is 0 Å². The van der Waals surface area contributed by atoms with Gasteiger partial charge in [-0.2, -0.15) is 0 Å². The molecule has 1 amide bonds. The number of nitrogens with one attached hydrogen (secondary N) is 1. The molecule has 1 aromatic heterocycles. The number of amides is 1. The highest BCUT2D eigenvalue weighted by Gasteiger charge is 2.13. The molecule has 0 unspecified atom stereocenters. The van der Waals surface area contributed by atoms with Gasteiger partial charge in [-0.3, -0.25) is 9.69 Å². The standard InChI is InChI=1S/C12H21ClN4O/c1-5-17(8-12(18)15-9(2)3)7-11-14-6-10(13)16(11)4/h6,9H,5,7-8H2,1-4H3,(H,15,18). The van der Waals surface area contributed by atoms with Gasteiger partial charge in [0, 0.05) is 13.1 Å². The minimum absolute atomic E-state index is 0.0344. The van der Waals surface area contributed by atoms with Gasteiger partial charge in [-0.05, 0) is 20.4 Å². The van der Waals surface area contributed by atoms with Crippen molar-refractivity contribution in [3.05, 3.63) is 17.2 Å². The smallest absolute Gasteiger partial charge is 0.234 e. The molecule has 0 atom stereocenters. The van der Waals surface area contributed by atoms with Gasteiger partial charge < -0.3 is 9.88 Å². The summed E-state index contributed by atoms with van der Waals surface area (Å²) in [4.78, 5) is 18.0. The zero-order chi connectivity index (χ0) is 13.7. The van der Waals surface area contributed by atoms with Gasteiger partial charge in [-0.15, -0.1) is 0 Å². The van der Waals surface area contributed by atoms with Crippen LogP contribution in [0.15, 0.2) is 6.20 Å². The molecule has 0 bridgehead atoms. The predicted molar refractivity (Wildman–Crippen MR) is 72.4 cm³/mol. The Morgan fingerprint density at radius 1 is 1.61 bits per heavy atom. The highest BCUT2D eigenvalue weighted by atomic mass is 35.5. The summed E-state index contributed by atoms with van der Waals surface area (Å²) >= 11 is 5.93. The number of aromatic nitrogens is 2. The maximum Gasteiger partial charge on any atom is 0.234 e. The van der Waals surface area contributed by atoms with Gasteiger partial charge in [0.2, 0.25) is 5.91 Å². The number of carbonyl (C=O) groups is 1. The molecule has 5 nitrogen and oxygen atoms in total. The topological polar surface area (TPSA) is 50.2 Å². The van der Waals surface area contributed by atoms with Crippen LogP contribution in [0.3, 0.4) is 0 Å². The maximum absolute atomic E-state index is 11.7. The second kappa shape index (κ2) is 6.75. The van der Waals surface area contributed by atoms with E-state index in [1.54, 1.807) is 6.20 Å². The average molecular weight is 273 g/mol. The lowest BCUT2D eigenvalue weighted by molar-refractivity contribution is -0.122. The Morgan fingerprint density at radius 3 is 2.72 bits per heavy atom. The van der Waals surface area contributed by atoms with E-state index in [4.69, 9.17) is 11.6 Å². The number of imidazole rings is 1. The van der Waals surface area contributed by atoms with Crippen LogP contribution in [-0.2, 0) is 18.4 Å². The normalized spacial score (nSPS) is 11.3. The van der Waals surface area contributed by atoms with Crippen LogP contribution in [-0.4, -0.2) is 39.5 Å². The summed E-state index contributed by atoms with van der Waals surface area (Å²) in [6.07, 6.45) is 1.62. The van der Waals surface area contributed by atoms with E-state index in [-0.39, 0.29) is 11.9 Å². The summed E-state index contributed by atoms with van der Waals surface area (Å²) in [7, 11) is 1.87. The van der Waals surface area contributed by atoms with Crippen molar-refractivity contribution in [2.24, 2.45) is 7.05 Å². The zero-order valence-corrected chi connectivity index (χ0v) is 12.2. The van der Waals surface area contributed by atoms with Crippen LogP contribution in [0.4, 0.5) is 0 Å². The molecule has 0 aromatic carbocycles. The third kappa shape index (κ3) is 4.31. The van der Waals surface area contributed by atoms with E-state index in [1.807, 2.05) is 37.3 Å². The fourth-order valence-corrected chi connectivity index (χ4v) is 1.77. The molecular formula is C12H21ClN4O. The van der Waals surface area contributed by atoms with Crippen molar-refractivity contribution < 1.29 is 4.79 Å². The molecule has 18 heavy (non-hydrogen) atoms. The van der Waals surface area contributed by atoms with Crippen molar-refractivity contribution >= 4 is 17.5 Å². The van der Waals surface area contributed by atoms with E-state index in [9.17, 15) is 4.79 Å². The van der Waals surface area contributed by atoms with Crippen molar-refractivity contribution in [2.75, 3.05) is 13.1 Å². The number of nitrogens with zero attached hydrogens (tertiary/aromatic N) is 3. The summed E-state index contributed by atoms with van der Waals surface area (Å²) in [5.74, 6) is 0.895. The Balaban J connectivity index is 2.57. The summed E-state index contributed by atoms with van der Waals surface area (Å²) < 4.78 is 1.82. The lowest BCUT2D eigenvalue weighted by Crippen LogP contribution is -2.40. The molecule has 1 aromatic rings. The van der Waals surface area contributed by atoms with Crippen molar-refractivity contribution in [1.82, 2.24) is 19.8 Å². The molecule has 1 N–H and O–H groups in total. The molecule has 1 heterocycles. The highest BCUT2D eigenvalue weighted by molar-refractivity contribution is 6.29. The van der Waals surface area contributed by atoms with Crippen molar-refractivity contribution in [3.63, 3.8) is 0 Å². The Kier molecular flexibility index (Phi) is 5.62. The first-order valence-electron chi connectivity index (χ1n) is 6.11. The molecule has 102 valence electrons. The molecule has 6 heteroatoms. The van der Waals surface area contributed by atoms with Gasteiger partial charge in [-0.1, -0.05) is 18.5 Å². The van der Waals surface area contributed by atoms with Gasteiger partial charge in [0.15, 0.2) is 0 Å². The van der Waals surface area contributed by atoms with Crippen LogP contribution < -0.4 is 5.32 Å². The third-order valence-electron chi connectivity index (χ3n) is 2.66. The minimum atomic E-state index is 0.0344. The number of hydrogen-bond donors (Lipinski definition) is 1. The van der Waals surface area contributed by atoms with Gasteiger partial charge >= 0.3 is 0 Å². The van der Waals surface area contributed by atoms with Gasteiger partial charge in [0.1, 0.15) is 11.0 Å². The average Bonchev–Trinajstić information content (AvgIpc) is 2.59. The molecule has 0 saturated heterocycles. The number of likely N-dealkylation sites (N-methyl/N-ethyl adjacent to an activating group) is 1. The van der Waals surface area contributed by atoms with E-state index in [1.165, 1.54) is 0 Å². The molecule has 0 aliphatic heterocycles. The van der Waals surface area contributed by atoms with Crippen molar-refractivity contribution in [3.8, 4) is 0 Å². The molecule has 0 aliphatic rings. The first kappa shape index (κ1) is 15.0. The second-order valence-electron chi connectivity index (χ2n) is 4.58. The van der Waals surface area contributed by atoms with Crippen LogP contribution in [0.2, 0.25) is 5.15 Å².